The van der Waals surface area contributed by atoms with Gasteiger partial charge >= 0.3 is 0 Å². The summed E-state index contributed by atoms with van der Waals surface area (Å²) < 4.78 is 13.0. The first-order valence-electron chi connectivity index (χ1n) is 8.37. The molecule has 1 aliphatic heterocycles. The van der Waals surface area contributed by atoms with E-state index in [0.29, 0.717) is 37.4 Å². The monoisotopic (exact) mass is 341 g/mol. The molecule has 0 unspecified atom stereocenters. The first kappa shape index (κ1) is 17.1. The maximum Gasteiger partial charge on any atom is 0.272 e. The van der Waals surface area contributed by atoms with Crippen molar-refractivity contribution in [2.45, 2.75) is 13.3 Å². The highest BCUT2D eigenvalue weighted by Crippen LogP contribution is 2.12. The molecule has 5 nitrogen and oxygen atoms in total. The number of carbonyl (C=O) groups excluding carboxylic acids is 2. The second kappa shape index (κ2) is 7.42. The zero-order chi connectivity index (χ0) is 17.8. The maximum atomic E-state index is 13.0. The van der Waals surface area contributed by atoms with Gasteiger partial charge in [-0.25, -0.2) is 4.39 Å². The van der Waals surface area contributed by atoms with Crippen molar-refractivity contribution >= 4 is 11.8 Å². The SMILES string of the molecule is CCc1ccnc(C(=O)N2CCN(C(=O)c3ccc(F)cc3)CC2)c1. The fourth-order valence-electron chi connectivity index (χ4n) is 2.86. The largest absolute Gasteiger partial charge is 0.335 e. The molecule has 2 amide bonds. The molecule has 0 saturated carbocycles. The Morgan fingerprint density at radius 3 is 2.20 bits per heavy atom. The molecule has 0 N–H and O–H groups in total. The van der Waals surface area contributed by atoms with Crippen molar-refractivity contribution in [1.82, 2.24) is 14.8 Å². The minimum absolute atomic E-state index is 0.107. The molecule has 1 aliphatic rings. The molecule has 0 bridgehead atoms. The molecule has 25 heavy (non-hydrogen) atoms. The van der Waals surface area contributed by atoms with Crippen molar-refractivity contribution in [2.24, 2.45) is 0 Å². The Morgan fingerprint density at radius 1 is 1.00 bits per heavy atom. The lowest BCUT2D eigenvalue weighted by molar-refractivity contribution is 0.0532. The molecular weight excluding hydrogens is 321 g/mol. The number of piperazine rings is 1. The molecule has 0 atom stereocenters. The molecule has 0 aliphatic carbocycles. The third-order valence-corrected chi connectivity index (χ3v) is 4.40. The van der Waals surface area contributed by atoms with Gasteiger partial charge in [0.2, 0.25) is 0 Å². The molecule has 2 aromatic rings. The molecule has 1 aromatic heterocycles. The van der Waals surface area contributed by atoms with Crippen LogP contribution in [0, 0.1) is 5.82 Å². The van der Waals surface area contributed by atoms with Crippen LogP contribution < -0.4 is 0 Å². The van der Waals surface area contributed by atoms with E-state index in [-0.39, 0.29) is 17.6 Å². The molecular formula is C19H20FN3O2. The van der Waals surface area contributed by atoms with Crippen LogP contribution in [0.25, 0.3) is 0 Å². The second-order valence-electron chi connectivity index (χ2n) is 5.99. The van der Waals surface area contributed by atoms with Gasteiger partial charge in [0, 0.05) is 37.9 Å². The van der Waals surface area contributed by atoms with Gasteiger partial charge in [-0.3, -0.25) is 14.6 Å². The second-order valence-corrected chi connectivity index (χ2v) is 5.99. The smallest absolute Gasteiger partial charge is 0.272 e. The van der Waals surface area contributed by atoms with E-state index in [0.717, 1.165) is 12.0 Å². The number of hydrogen-bond donors (Lipinski definition) is 0. The Morgan fingerprint density at radius 2 is 1.60 bits per heavy atom. The zero-order valence-corrected chi connectivity index (χ0v) is 14.1. The van der Waals surface area contributed by atoms with Gasteiger partial charge in [-0.2, -0.15) is 0 Å². The molecule has 1 aromatic carbocycles. The number of pyridine rings is 1. The molecule has 3 rings (SSSR count). The Hall–Kier alpha value is -2.76. The number of halogens is 1. The summed E-state index contributed by atoms with van der Waals surface area (Å²) in [6.45, 7) is 3.86. The van der Waals surface area contributed by atoms with Gasteiger partial charge in [0.15, 0.2) is 0 Å². The van der Waals surface area contributed by atoms with Crippen LogP contribution in [0.1, 0.15) is 33.3 Å². The van der Waals surface area contributed by atoms with Crippen molar-refractivity contribution in [1.29, 1.82) is 0 Å². The molecule has 0 spiro atoms. The summed E-state index contributed by atoms with van der Waals surface area (Å²) in [5.74, 6) is -0.615. The van der Waals surface area contributed by atoms with Crippen LogP contribution in [0.4, 0.5) is 4.39 Å². The van der Waals surface area contributed by atoms with Gasteiger partial charge < -0.3 is 9.80 Å². The average molecular weight is 341 g/mol. The zero-order valence-electron chi connectivity index (χ0n) is 14.1. The van der Waals surface area contributed by atoms with Gasteiger partial charge in [0.05, 0.1) is 0 Å². The number of benzene rings is 1. The number of amides is 2. The first-order valence-corrected chi connectivity index (χ1v) is 8.37. The Bertz CT molecular complexity index is 768. The van der Waals surface area contributed by atoms with Crippen LogP contribution >= 0.6 is 0 Å². The van der Waals surface area contributed by atoms with E-state index in [1.165, 1.54) is 24.3 Å². The Balaban J connectivity index is 1.62. The first-order chi connectivity index (χ1) is 12.1. The minimum Gasteiger partial charge on any atom is -0.335 e. The van der Waals surface area contributed by atoms with Gasteiger partial charge in [-0.1, -0.05) is 6.92 Å². The van der Waals surface area contributed by atoms with Crippen LogP contribution in [-0.4, -0.2) is 52.8 Å². The van der Waals surface area contributed by atoms with Gasteiger partial charge in [0.1, 0.15) is 11.5 Å². The number of aromatic nitrogens is 1. The number of hydrogen-bond acceptors (Lipinski definition) is 3. The fraction of sp³-hybridized carbons (Fsp3) is 0.316. The summed E-state index contributed by atoms with van der Waals surface area (Å²) in [4.78, 5) is 32.6. The molecule has 1 fully saturated rings. The predicted molar refractivity (Wildman–Crippen MR) is 91.8 cm³/mol. The third-order valence-electron chi connectivity index (χ3n) is 4.40. The standard InChI is InChI=1S/C19H20FN3O2/c1-2-14-7-8-21-17(13-14)19(25)23-11-9-22(10-12-23)18(24)15-3-5-16(20)6-4-15/h3-8,13H,2,9-12H2,1H3. The predicted octanol–water partition coefficient (Wildman–Crippen LogP) is 2.38. The van der Waals surface area contributed by atoms with Crippen LogP contribution in [-0.2, 0) is 6.42 Å². The van der Waals surface area contributed by atoms with E-state index in [1.807, 2.05) is 19.1 Å². The summed E-state index contributed by atoms with van der Waals surface area (Å²) in [5, 5.41) is 0. The fourth-order valence-corrected chi connectivity index (χ4v) is 2.86. The molecule has 130 valence electrons. The highest BCUT2D eigenvalue weighted by atomic mass is 19.1. The summed E-state index contributed by atoms with van der Waals surface area (Å²) in [6.07, 6.45) is 2.50. The van der Waals surface area contributed by atoms with E-state index in [4.69, 9.17) is 0 Å². The minimum atomic E-state index is -0.367. The number of rotatable bonds is 3. The quantitative estimate of drug-likeness (QED) is 0.861. The van der Waals surface area contributed by atoms with Crippen LogP contribution in [0.5, 0.6) is 0 Å². The van der Waals surface area contributed by atoms with Crippen molar-refractivity contribution in [3.05, 3.63) is 65.2 Å². The van der Waals surface area contributed by atoms with E-state index in [2.05, 4.69) is 4.98 Å². The van der Waals surface area contributed by atoms with Crippen molar-refractivity contribution in [3.8, 4) is 0 Å². The maximum absolute atomic E-state index is 13.0. The number of carbonyl (C=O) groups is 2. The van der Waals surface area contributed by atoms with Crippen LogP contribution in [0.15, 0.2) is 42.6 Å². The highest BCUT2D eigenvalue weighted by molar-refractivity contribution is 5.95. The number of aryl methyl sites for hydroxylation is 1. The van der Waals surface area contributed by atoms with Gasteiger partial charge in [-0.05, 0) is 48.4 Å². The normalized spacial score (nSPS) is 14.5. The summed E-state index contributed by atoms with van der Waals surface area (Å²) in [6, 6.07) is 9.23. The summed E-state index contributed by atoms with van der Waals surface area (Å²) in [7, 11) is 0. The third kappa shape index (κ3) is 3.84. The topological polar surface area (TPSA) is 53.5 Å². The van der Waals surface area contributed by atoms with Crippen LogP contribution in [0.2, 0.25) is 0 Å². The molecule has 6 heteroatoms. The lowest BCUT2D eigenvalue weighted by Gasteiger charge is -2.34. The molecule has 2 heterocycles. The van der Waals surface area contributed by atoms with E-state index in [9.17, 15) is 14.0 Å². The van der Waals surface area contributed by atoms with E-state index >= 15 is 0 Å². The van der Waals surface area contributed by atoms with Crippen molar-refractivity contribution in [3.63, 3.8) is 0 Å². The lowest BCUT2D eigenvalue weighted by Crippen LogP contribution is -2.50. The van der Waals surface area contributed by atoms with Crippen LogP contribution in [0.3, 0.4) is 0 Å². The Kier molecular flexibility index (Phi) is 5.07. The molecule has 0 radical (unpaired) electrons. The van der Waals surface area contributed by atoms with Gasteiger partial charge in [0.25, 0.3) is 11.8 Å². The highest BCUT2D eigenvalue weighted by Gasteiger charge is 2.26. The van der Waals surface area contributed by atoms with Crippen molar-refractivity contribution in [2.75, 3.05) is 26.2 Å². The van der Waals surface area contributed by atoms with Crippen molar-refractivity contribution < 1.29 is 14.0 Å². The lowest BCUT2D eigenvalue weighted by atomic mass is 10.1. The van der Waals surface area contributed by atoms with Gasteiger partial charge in [-0.15, -0.1) is 0 Å². The summed E-state index contributed by atoms with van der Waals surface area (Å²) in [5.41, 5.74) is 1.97. The molecule has 1 saturated heterocycles. The summed E-state index contributed by atoms with van der Waals surface area (Å²) >= 11 is 0. The Labute approximate surface area is 146 Å². The van der Waals surface area contributed by atoms with E-state index in [1.54, 1.807) is 16.0 Å². The number of nitrogens with zero attached hydrogens (tertiary/aromatic N) is 3. The van der Waals surface area contributed by atoms with E-state index < -0.39 is 0 Å². The average Bonchev–Trinajstić information content (AvgIpc) is 2.67.